The third kappa shape index (κ3) is 4.22. The van der Waals surface area contributed by atoms with Crippen molar-refractivity contribution in [1.29, 1.82) is 0 Å². The maximum Gasteiger partial charge on any atom is 0.391 e. The van der Waals surface area contributed by atoms with Crippen molar-refractivity contribution in [2.24, 2.45) is 5.92 Å². The van der Waals surface area contributed by atoms with Gasteiger partial charge in [-0.15, -0.1) is 0 Å². The molecule has 2 rings (SSSR count). The average Bonchev–Trinajstić information content (AvgIpc) is 2.38. The van der Waals surface area contributed by atoms with Crippen LogP contribution in [0.15, 0.2) is 28.7 Å². The molecule has 1 aromatic rings. The van der Waals surface area contributed by atoms with Crippen LogP contribution in [0.5, 0.6) is 0 Å². The van der Waals surface area contributed by atoms with Crippen LogP contribution in [0.25, 0.3) is 0 Å². The number of hydrogen-bond acceptors (Lipinski definition) is 1. The smallest absolute Gasteiger partial charge is 0.307 e. The van der Waals surface area contributed by atoms with E-state index in [1.807, 2.05) is 31.2 Å². The molecule has 1 nitrogen and oxygen atoms in total. The van der Waals surface area contributed by atoms with Gasteiger partial charge in [0.25, 0.3) is 0 Å². The second-order valence-electron chi connectivity index (χ2n) is 5.54. The van der Waals surface area contributed by atoms with E-state index in [0.717, 1.165) is 16.5 Å². The van der Waals surface area contributed by atoms with Crippen LogP contribution in [-0.4, -0.2) is 12.2 Å². The molecule has 112 valence electrons. The van der Waals surface area contributed by atoms with Crippen molar-refractivity contribution in [3.8, 4) is 0 Å². The molecule has 1 fully saturated rings. The summed E-state index contributed by atoms with van der Waals surface area (Å²) in [7, 11) is 0. The Bertz CT molecular complexity index is 430. The van der Waals surface area contributed by atoms with E-state index in [1.54, 1.807) is 0 Å². The first-order valence-electron chi connectivity index (χ1n) is 6.94. The Hall–Kier alpha value is -0.550. The van der Waals surface area contributed by atoms with Crippen LogP contribution in [0.4, 0.5) is 13.2 Å². The van der Waals surface area contributed by atoms with Crippen molar-refractivity contribution in [3.63, 3.8) is 0 Å². The SMILES string of the molecule is CC(NC1CCCC(C(F)(F)F)C1)c1ccc(Br)cc1. The predicted molar refractivity (Wildman–Crippen MR) is 77.5 cm³/mol. The quantitative estimate of drug-likeness (QED) is 0.788. The molecule has 20 heavy (non-hydrogen) atoms. The first kappa shape index (κ1) is 15.8. The molecule has 0 amide bonds. The first-order chi connectivity index (χ1) is 9.36. The number of benzene rings is 1. The van der Waals surface area contributed by atoms with E-state index in [4.69, 9.17) is 0 Å². The highest BCUT2D eigenvalue weighted by molar-refractivity contribution is 9.10. The van der Waals surface area contributed by atoms with Gasteiger partial charge in [0.15, 0.2) is 0 Å². The topological polar surface area (TPSA) is 12.0 Å². The van der Waals surface area contributed by atoms with Gasteiger partial charge in [-0.25, -0.2) is 0 Å². The van der Waals surface area contributed by atoms with E-state index in [9.17, 15) is 13.2 Å². The Morgan fingerprint density at radius 3 is 2.45 bits per heavy atom. The van der Waals surface area contributed by atoms with E-state index in [2.05, 4.69) is 21.2 Å². The zero-order chi connectivity index (χ0) is 14.8. The lowest BCUT2D eigenvalue weighted by atomic mass is 9.85. The number of halogens is 4. The summed E-state index contributed by atoms with van der Waals surface area (Å²) in [6.07, 6.45) is -2.11. The lowest BCUT2D eigenvalue weighted by molar-refractivity contribution is -0.183. The molecular formula is C15H19BrF3N. The van der Waals surface area contributed by atoms with E-state index < -0.39 is 12.1 Å². The summed E-state index contributed by atoms with van der Waals surface area (Å²) in [5.74, 6) is -1.15. The third-order valence-corrected chi connectivity index (χ3v) is 4.52. The maximum atomic E-state index is 12.8. The molecule has 3 atom stereocenters. The first-order valence-corrected chi connectivity index (χ1v) is 7.74. The second kappa shape index (κ2) is 6.48. The molecule has 0 heterocycles. The molecule has 1 aliphatic rings. The Kier molecular flexibility index (Phi) is 5.13. The third-order valence-electron chi connectivity index (χ3n) is 3.99. The van der Waals surface area contributed by atoms with Gasteiger partial charge in [0.1, 0.15) is 0 Å². The molecule has 1 saturated carbocycles. The van der Waals surface area contributed by atoms with Crippen molar-refractivity contribution in [1.82, 2.24) is 5.32 Å². The van der Waals surface area contributed by atoms with Gasteiger partial charge in [-0.1, -0.05) is 34.5 Å². The van der Waals surface area contributed by atoms with Crippen LogP contribution in [-0.2, 0) is 0 Å². The van der Waals surface area contributed by atoms with Gasteiger partial charge in [0.05, 0.1) is 5.92 Å². The Labute approximate surface area is 126 Å². The van der Waals surface area contributed by atoms with Crippen LogP contribution in [0.2, 0.25) is 0 Å². The van der Waals surface area contributed by atoms with Crippen molar-refractivity contribution in [3.05, 3.63) is 34.3 Å². The summed E-state index contributed by atoms with van der Waals surface area (Å²) < 4.78 is 39.4. The summed E-state index contributed by atoms with van der Waals surface area (Å²) in [5, 5.41) is 3.34. The molecule has 1 aliphatic carbocycles. The highest BCUT2D eigenvalue weighted by atomic mass is 79.9. The molecule has 5 heteroatoms. The van der Waals surface area contributed by atoms with Crippen LogP contribution < -0.4 is 5.32 Å². The predicted octanol–water partition coefficient (Wildman–Crippen LogP) is 5.22. The molecule has 0 bridgehead atoms. The standard InChI is InChI=1S/C15H19BrF3N/c1-10(11-5-7-13(16)8-6-11)20-14-4-2-3-12(9-14)15(17,18)19/h5-8,10,12,14,20H,2-4,9H2,1H3. The minimum absolute atomic E-state index is 0.0472. The monoisotopic (exact) mass is 349 g/mol. The minimum atomic E-state index is -4.05. The summed E-state index contributed by atoms with van der Waals surface area (Å²) in [4.78, 5) is 0. The fourth-order valence-electron chi connectivity index (χ4n) is 2.84. The number of alkyl halides is 3. The molecule has 0 spiro atoms. The van der Waals surface area contributed by atoms with Gasteiger partial charge in [-0.05, 0) is 43.9 Å². The normalized spacial score (nSPS) is 25.4. The highest BCUT2D eigenvalue weighted by Crippen LogP contribution is 2.38. The van der Waals surface area contributed by atoms with Gasteiger partial charge in [-0.2, -0.15) is 13.2 Å². The minimum Gasteiger partial charge on any atom is -0.307 e. The fraction of sp³-hybridized carbons (Fsp3) is 0.600. The van der Waals surface area contributed by atoms with Crippen LogP contribution in [0.1, 0.15) is 44.2 Å². The number of hydrogen-bond donors (Lipinski definition) is 1. The van der Waals surface area contributed by atoms with Gasteiger partial charge in [-0.3, -0.25) is 0 Å². The summed E-state index contributed by atoms with van der Waals surface area (Å²) in [6, 6.07) is 7.91. The molecule has 1 N–H and O–H groups in total. The lowest BCUT2D eigenvalue weighted by Crippen LogP contribution is -2.39. The second-order valence-corrected chi connectivity index (χ2v) is 6.46. The largest absolute Gasteiger partial charge is 0.391 e. The zero-order valence-electron chi connectivity index (χ0n) is 11.4. The van der Waals surface area contributed by atoms with Crippen molar-refractivity contribution in [2.45, 2.75) is 50.9 Å². The molecule has 0 aliphatic heterocycles. The van der Waals surface area contributed by atoms with Gasteiger partial charge >= 0.3 is 6.18 Å². The number of rotatable bonds is 3. The molecule has 0 radical (unpaired) electrons. The van der Waals surface area contributed by atoms with Crippen molar-refractivity contribution < 1.29 is 13.2 Å². The van der Waals surface area contributed by atoms with Gasteiger partial charge in [0.2, 0.25) is 0 Å². The van der Waals surface area contributed by atoms with Gasteiger partial charge < -0.3 is 5.32 Å². The number of nitrogens with one attached hydrogen (secondary N) is 1. The molecule has 0 saturated heterocycles. The summed E-state index contributed by atoms with van der Waals surface area (Å²) in [5.41, 5.74) is 1.10. The molecular weight excluding hydrogens is 331 g/mol. The Morgan fingerprint density at radius 2 is 1.85 bits per heavy atom. The Balaban J connectivity index is 1.94. The van der Waals surface area contributed by atoms with Crippen molar-refractivity contribution >= 4 is 15.9 Å². The van der Waals surface area contributed by atoms with E-state index in [-0.39, 0.29) is 24.9 Å². The zero-order valence-corrected chi connectivity index (χ0v) is 13.0. The average molecular weight is 350 g/mol. The summed E-state index contributed by atoms with van der Waals surface area (Å²) >= 11 is 3.38. The van der Waals surface area contributed by atoms with E-state index >= 15 is 0 Å². The van der Waals surface area contributed by atoms with E-state index in [1.165, 1.54) is 0 Å². The molecule has 0 aromatic heterocycles. The molecule has 1 aromatic carbocycles. The van der Waals surface area contributed by atoms with Crippen LogP contribution >= 0.6 is 15.9 Å². The van der Waals surface area contributed by atoms with Crippen molar-refractivity contribution in [2.75, 3.05) is 0 Å². The molecule has 3 unspecified atom stereocenters. The van der Waals surface area contributed by atoms with Gasteiger partial charge in [0, 0.05) is 16.6 Å². The van der Waals surface area contributed by atoms with Crippen LogP contribution in [0, 0.1) is 5.92 Å². The summed E-state index contributed by atoms with van der Waals surface area (Å²) in [6.45, 7) is 2.00. The highest BCUT2D eigenvalue weighted by Gasteiger charge is 2.42. The lowest BCUT2D eigenvalue weighted by Gasteiger charge is -2.33. The van der Waals surface area contributed by atoms with Crippen LogP contribution in [0.3, 0.4) is 0 Å². The maximum absolute atomic E-state index is 12.8. The Morgan fingerprint density at radius 1 is 1.20 bits per heavy atom. The van der Waals surface area contributed by atoms with E-state index in [0.29, 0.717) is 6.42 Å². The fourth-order valence-corrected chi connectivity index (χ4v) is 3.10.